The zero-order chi connectivity index (χ0) is 12.7. The van der Waals surface area contributed by atoms with E-state index in [-0.39, 0.29) is 0 Å². The van der Waals surface area contributed by atoms with Gasteiger partial charge in [-0.3, -0.25) is 0 Å². The van der Waals surface area contributed by atoms with Crippen molar-refractivity contribution in [3.8, 4) is 5.75 Å². The maximum absolute atomic E-state index is 5.66. The minimum absolute atomic E-state index is 0.340. The predicted molar refractivity (Wildman–Crippen MR) is 75.4 cm³/mol. The molecule has 0 aliphatic carbocycles. The number of unbranched alkanes of at least 4 members (excludes halogenated alkanes) is 1. The first-order chi connectivity index (χ1) is 7.97. The van der Waals surface area contributed by atoms with Crippen LogP contribution in [0, 0.1) is 0 Å². The second kappa shape index (κ2) is 7.02. The van der Waals surface area contributed by atoms with Crippen LogP contribution in [0.15, 0.2) is 28.7 Å². The number of quaternary nitrogens is 1. The molecule has 0 radical (unpaired) electrons. The highest BCUT2D eigenvalue weighted by Crippen LogP contribution is 2.16. The first kappa shape index (κ1) is 14.5. The Morgan fingerprint density at radius 3 is 2.35 bits per heavy atom. The van der Waals surface area contributed by atoms with E-state index in [9.17, 15) is 0 Å². The number of rotatable bonds is 6. The van der Waals surface area contributed by atoms with Crippen molar-refractivity contribution in [1.29, 1.82) is 0 Å². The van der Waals surface area contributed by atoms with E-state index in [0.717, 1.165) is 23.2 Å². The molecule has 0 saturated carbocycles. The smallest absolute Gasteiger partial charge is 0.119 e. The third-order valence-electron chi connectivity index (χ3n) is 2.44. The van der Waals surface area contributed by atoms with Gasteiger partial charge in [0.15, 0.2) is 0 Å². The molecule has 0 aliphatic rings. The number of benzene rings is 1. The van der Waals surface area contributed by atoms with E-state index >= 15 is 0 Å². The molecule has 0 bridgehead atoms. The summed E-state index contributed by atoms with van der Waals surface area (Å²) in [5, 5.41) is 2.38. The van der Waals surface area contributed by atoms with Gasteiger partial charge in [0.25, 0.3) is 0 Å². The van der Waals surface area contributed by atoms with Gasteiger partial charge < -0.3 is 10.1 Å². The molecule has 1 aromatic rings. The van der Waals surface area contributed by atoms with Crippen LogP contribution in [-0.4, -0.2) is 18.7 Å². The first-order valence-corrected chi connectivity index (χ1v) is 6.99. The number of ether oxygens (including phenoxy) is 1. The monoisotopic (exact) mass is 300 g/mol. The van der Waals surface area contributed by atoms with Crippen LogP contribution >= 0.6 is 15.9 Å². The molecule has 0 aliphatic heterocycles. The van der Waals surface area contributed by atoms with Crippen LogP contribution in [0.2, 0.25) is 0 Å². The molecule has 1 aromatic carbocycles. The molecule has 0 unspecified atom stereocenters. The standard InChI is InChI=1S/C14H22BrNO/c1-14(2,3)16-10-4-5-11-17-13-8-6-12(15)7-9-13/h6-9,16H,4-5,10-11H2,1-3H3/p+1. The van der Waals surface area contributed by atoms with Gasteiger partial charge >= 0.3 is 0 Å². The lowest BCUT2D eigenvalue weighted by molar-refractivity contribution is -0.717. The van der Waals surface area contributed by atoms with Crippen molar-refractivity contribution in [3.63, 3.8) is 0 Å². The molecule has 3 heteroatoms. The van der Waals surface area contributed by atoms with E-state index in [4.69, 9.17) is 4.74 Å². The predicted octanol–water partition coefficient (Wildman–Crippen LogP) is 2.97. The van der Waals surface area contributed by atoms with Crippen molar-refractivity contribution in [2.45, 2.75) is 39.2 Å². The molecule has 0 saturated heterocycles. The Labute approximate surface area is 113 Å². The van der Waals surface area contributed by atoms with Gasteiger partial charge in [0.1, 0.15) is 5.75 Å². The summed E-state index contributed by atoms with van der Waals surface area (Å²) in [5.74, 6) is 0.952. The van der Waals surface area contributed by atoms with Gasteiger partial charge in [0, 0.05) is 4.47 Å². The Morgan fingerprint density at radius 2 is 1.76 bits per heavy atom. The Kier molecular flexibility index (Phi) is 6.00. The van der Waals surface area contributed by atoms with E-state index in [2.05, 4.69) is 42.0 Å². The van der Waals surface area contributed by atoms with Crippen LogP contribution in [-0.2, 0) is 0 Å². The van der Waals surface area contributed by atoms with Gasteiger partial charge in [-0.25, -0.2) is 0 Å². The minimum atomic E-state index is 0.340. The summed E-state index contributed by atoms with van der Waals surface area (Å²) < 4.78 is 6.75. The third-order valence-corrected chi connectivity index (χ3v) is 2.97. The lowest BCUT2D eigenvalue weighted by Gasteiger charge is -2.16. The third kappa shape index (κ3) is 7.40. The van der Waals surface area contributed by atoms with E-state index in [1.54, 1.807) is 0 Å². The lowest BCUT2D eigenvalue weighted by Crippen LogP contribution is -2.94. The number of nitrogens with two attached hydrogens (primary N) is 1. The van der Waals surface area contributed by atoms with Crippen molar-refractivity contribution >= 4 is 15.9 Å². The molecule has 96 valence electrons. The maximum atomic E-state index is 5.66. The number of hydrogen-bond acceptors (Lipinski definition) is 1. The van der Waals surface area contributed by atoms with Gasteiger partial charge in [0.05, 0.1) is 18.7 Å². The van der Waals surface area contributed by atoms with Crippen molar-refractivity contribution in [2.75, 3.05) is 13.2 Å². The number of hydrogen-bond donors (Lipinski definition) is 1. The summed E-state index contributed by atoms with van der Waals surface area (Å²) in [6, 6.07) is 7.99. The molecule has 2 nitrogen and oxygen atoms in total. The summed E-state index contributed by atoms with van der Waals surface area (Å²) in [6.07, 6.45) is 2.32. The Morgan fingerprint density at radius 1 is 1.12 bits per heavy atom. The van der Waals surface area contributed by atoms with Gasteiger partial charge in [0.2, 0.25) is 0 Å². The number of halogens is 1. The Balaban J connectivity index is 2.07. The average molecular weight is 301 g/mol. The van der Waals surface area contributed by atoms with Gasteiger partial charge in [-0.05, 0) is 57.9 Å². The Bertz CT molecular complexity index is 316. The average Bonchev–Trinajstić information content (AvgIpc) is 2.24. The van der Waals surface area contributed by atoms with Crippen molar-refractivity contribution in [1.82, 2.24) is 0 Å². The molecule has 0 spiro atoms. The lowest BCUT2D eigenvalue weighted by atomic mass is 10.1. The SMILES string of the molecule is CC(C)(C)[NH2+]CCCCOc1ccc(Br)cc1. The highest BCUT2D eigenvalue weighted by molar-refractivity contribution is 9.10. The fourth-order valence-corrected chi connectivity index (χ4v) is 1.77. The van der Waals surface area contributed by atoms with Crippen LogP contribution in [0.4, 0.5) is 0 Å². The molecule has 0 amide bonds. The molecular formula is C14H23BrNO+. The molecule has 2 N–H and O–H groups in total. The largest absolute Gasteiger partial charge is 0.494 e. The second-order valence-electron chi connectivity index (χ2n) is 5.37. The molecule has 0 fully saturated rings. The summed E-state index contributed by atoms with van der Waals surface area (Å²) >= 11 is 3.41. The first-order valence-electron chi connectivity index (χ1n) is 6.20. The summed E-state index contributed by atoms with van der Waals surface area (Å²) in [4.78, 5) is 0. The maximum Gasteiger partial charge on any atom is 0.119 e. The van der Waals surface area contributed by atoms with E-state index in [0.29, 0.717) is 5.54 Å². The van der Waals surface area contributed by atoms with Crippen LogP contribution in [0.5, 0.6) is 5.75 Å². The quantitative estimate of drug-likeness (QED) is 0.803. The summed E-state index contributed by atoms with van der Waals surface area (Å²) in [7, 11) is 0. The molecule has 0 aromatic heterocycles. The van der Waals surface area contributed by atoms with Gasteiger partial charge in [-0.1, -0.05) is 15.9 Å². The fourth-order valence-electron chi connectivity index (χ4n) is 1.50. The summed E-state index contributed by atoms with van der Waals surface area (Å²) in [6.45, 7) is 8.70. The van der Waals surface area contributed by atoms with Crippen molar-refractivity contribution in [3.05, 3.63) is 28.7 Å². The summed E-state index contributed by atoms with van der Waals surface area (Å²) in [5.41, 5.74) is 0.340. The van der Waals surface area contributed by atoms with Crippen LogP contribution in [0.3, 0.4) is 0 Å². The van der Waals surface area contributed by atoms with Crippen LogP contribution in [0.1, 0.15) is 33.6 Å². The van der Waals surface area contributed by atoms with E-state index in [1.165, 1.54) is 13.0 Å². The van der Waals surface area contributed by atoms with Crippen LogP contribution in [0.25, 0.3) is 0 Å². The Hall–Kier alpha value is -0.540. The van der Waals surface area contributed by atoms with Crippen LogP contribution < -0.4 is 10.1 Å². The second-order valence-corrected chi connectivity index (χ2v) is 6.28. The van der Waals surface area contributed by atoms with Crippen molar-refractivity contribution in [2.24, 2.45) is 0 Å². The highest BCUT2D eigenvalue weighted by Gasteiger charge is 2.11. The van der Waals surface area contributed by atoms with Crippen molar-refractivity contribution < 1.29 is 10.1 Å². The molecule has 17 heavy (non-hydrogen) atoms. The highest BCUT2D eigenvalue weighted by atomic mass is 79.9. The minimum Gasteiger partial charge on any atom is -0.494 e. The molecular weight excluding hydrogens is 278 g/mol. The van der Waals surface area contributed by atoms with E-state index < -0.39 is 0 Å². The molecule has 0 atom stereocenters. The topological polar surface area (TPSA) is 25.8 Å². The normalized spacial score (nSPS) is 11.5. The zero-order valence-electron chi connectivity index (χ0n) is 11.0. The molecule has 1 rings (SSSR count). The zero-order valence-corrected chi connectivity index (χ0v) is 12.6. The fraction of sp³-hybridized carbons (Fsp3) is 0.571. The van der Waals surface area contributed by atoms with Gasteiger partial charge in [-0.15, -0.1) is 0 Å². The van der Waals surface area contributed by atoms with E-state index in [1.807, 2.05) is 24.3 Å². The molecule has 0 heterocycles. The van der Waals surface area contributed by atoms with Gasteiger partial charge in [-0.2, -0.15) is 0 Å².